The van der Waals surface area contributed by atoms with E-state index in [4.69, 9.17) is 14.2 Å². The lowest BCUT2D eigenvalue weighted by molar-refractivity contribution is -0.163. The van der Waals surface area contributed by atoms with Gasteiger partial charge in [-0.15, -0.1) is 0 Å². The van der Waals surface area contributed by atoms with Gasteiger partial charge in [0, 0.05) is 31.3 Å². The number of hydrogen-bond acceptors (Lipinski definition) is 6. The highest BCUT2D eigenvalue weighted by Gasteiger charge is 2.54. The molecular weight excluding hydrogens is 457 g/mol. The Balaban J connectivity index is 1.82. The molecule has 0 saturated carbocycles. The van der Waals surface area contributed by atoms with Crippen molar-refractivity contribution in [2.45, 2.75) is 82.4 Å². The monoisotopic (exact) mass is 488 g/mol. The van der Waals surface area contributed by atoms with Crippen LogP contribution in [0.25, 0.3) is 0 Å². The lowest BCUT2D eigenvalue weighted by Gasteiger charge is -2.37. The molecule has 1 amide bonds. The molecule has 11 heteroatoms. The number of nitrogens with zero attached hydrogens (tertiary/aromatic N) is 2. The first-order chi connectivity index (χ1) is 16.1. The summed E-state index contributed by atoms with van der Waals surface area (Å²) in [6.45, 7) is 2.13. The van der Waals surface area contributed by atoms with Crippen molar-refractivity contribution in [2.24, 2.45) is 0 Å². The Kier molecular flexibility index (Phi) is 8.40. The molecule has 0 spiro atoms. The van der Waals surface area contributed by atoms with Gasteiger partial charge >= 0.3 is 12.1 Å². The zero-order valence-electron chi connectivity index (χ0n) is 19.4. The van der Waals surface area contributed by atoms with Gasteiger partial charge in [-0.1, -0.05) is 19.8 Å². The molecule has 2 saturated heterocycles. The Morgan fingerprint density at radius 2 is 2.12 bits per heavy atom. The zero-order chi connectivity index (χ0) is 24.9. The highest BCUT2D eigenvalue weighted by Crippen LogP contribution is 2.38. The normalized spacial score (nSPS) is 25.4. The third kappa shape index (κ3) is 5.63. The van der Waals surface area contributed by atoms with Crippen LogP contribution in [0.2, 0.25) is 0 Å². The van der Waals surface area contributed by atoms with Gasteiger partial charge in [-0.3, -0.25) is 4.79 Å². The molecule has 2 aliphatic rings. The van der Waals surface area contributed by atoms with Crippen LogP contribution in [0, 0.1) is 0 Å². The number of carbonyl (C=O) groups is 2. The molecule has 3 rings (SSSR count). The van der Waals surface area contributed by atoms with E-state index in [0.717, 1.165) is 25.3 Å². The van der Waals surface area contributed by atoms with Gasteiger partial charge in [-0.25, -0.2) is 9.78 Å². The van der Waals surface area contributed by atoms with Gasteiger partial charge < -0.3 is 24.2 Å². The summed E-state index contributed by atoms with van der Waals surface area (Å²) in [5.41, 5.74) is -2.30. The van der Waals surface area contributed by atoms with Crippen LogP contribution < -0.4 is 4.74 Å². The van der Waals surface area contributed by atoms with Crippen molar-refractivity contribution in [1.29, 1.82) is 0 Å². The molecule has 1 aromatic rings. The fourth-order valence-corrected chi connectivity index (χ4v) is 4.62. The molecule has 2 fully saturated rings. The molecule has 34 heavy (non-hydrogen) atoms. The molecule has 2 unspecified atom stereocenters. The number of carbonyl (C=O) groups excluding carboxylic acids is 1. The van der Waals surface area contributed by atoms with Crippen LogP contribution in [0.15, 0.2) is 12.3 Å². The van der Waals surface area contributed by atoms with Gasteiger partial charge in [0.25, 0.3) is 5.91 Å². The topological polar surface area (TPSA) is 98.2 Å². The Morgan fingerprint density at radius 1 is 1.35 bits per heavy atom. The van der Waals surface area contributed by atoms with Gasteiger partial charge in [-0.2, -0.15) is 13.2 Å². The number of methoxy groups -OCH3 is 1. The van der Waals surface area contributed by atoms with Crippen LogP contribution in [-0.2, 0) is 31.8 Å². The predicted octanol–water partition coefficient (Wildman–Crippen LogP) is 3.81. The molecule has 1 aromatic heterocycles. The molecule has 0 aliphatic carbocycles. The minimum Gasteiger partial charge on any atom is -0.481 e. The highest BCUT2D eigenvalue weighted by molar-refractivity contribution is 5.90. The first-order valence-electron chi connectivity index (χ1n) is 11.5. The van der Waals surface area contributed by atoms with Crippen LogP contribution in [0.1, 0.15) is 63.0 Å². The summed E-state index contributed by atoms with van der Waals surface area (Å²) in [5, 5.41) is 10.2. The van der Waals surface area contributed by atoms with Crippen LogP contribution >= 0.6 is 0 Å². The average Bonchev–Trinajstić information content (AvgIpc) is 3.20. The van der Waals surface area contributed by atoms with E-state index in [-0.39, 0.29) is 43.3 Å². The van der Waals surface area contributed by atoms with Crippen molar-refractivity contribution in [3.63, 3.8) is 0 Å². The number of halogens is 3. The second-order valence-electron chi connectivity index (χ2n) is 8.77. The fourth-order valence-electron chi connectivity index (χ4n) is 4.62. The van der Waals surface area contributed by atoms with Crippen LogP contribution in [-0.4, -0.2) is 64.9 Å². The fraction of sp³-hybridized carbons (Fsp3) is 0.696. The minimum atomic E-state index is -4.58. The Bertz CT molecular complexity index is 875. The standard InChI is InChI=1S/C23H31F3N2O6/c1-3-4-8-22(21(30)31)11-17(13-28(22)20(29)18-7-5-6-9-33-18)34-14-15-10-16(23(24,25)26)12-27-19(15)32-2/h10,12,17-18H,3-9,11,13-14H2,1-2H3,(H,30,31)/t17?,18-,22?/m0/s1. The van der Waals surface area contributed by atoms with Gasteiger partial charge in [0.1, 0.15) is 11.6 Å². The van der Waals surface area contributed by atoms with Crippen molar-refractivity contribution in [2.75, 3.05) is 20.3 Å². The van der Waals surface area contributed by atoms with Crippen LogP contribution in [0.5, 0.6) is 5.88 Å². The zero-order valence-corrected chi connectivity index (χ0v) is 19.4. The molecule has 2 aliphatic heterocycles. The summed E-state index contributed by atoms with van der Waals surface area (Å²) < 4.78 is 55.9. The summed E-state index contributed by atoms with van der Waals surface area (Å²) in [6.07, 6.45) is -1.44. The number of aliphatic carboxylic acids is 1. The van der Waals surface area contributed by atoms with E-state index >= 15 is 0 Å². The summed E-state index contributed by atoms with van der Waals surface area (Å²) >= 11 is 0. The maximum absolute atomic E-state index is 13.3. The van der Waals surface area contributed by atoms with Crippen LogP contribution in [0.4, 0.5) is 13.2 Å². The van der Waals surface area contributed by atoms with Crippen LogP contribution in [0.3, 0.4) is 0 Å². The number of rotatable bonds is 9. The van der Waals surface area contributed by atoms with Crippen molar-refractivity contribution in [3.05, 3.63) is 23.4 Å². The smallest absolute Gasteiger partial charge is 0.417 e. The van der Waals surface area contributed by atoms with E-state index in [1.54, 1.807) is 0 Å². The van der Waals surface area contributed by atoms with Crippen molar-refractivity contribution >= 4 is 11.9 Å². The third-order valence-electron chi connectivity index (χ3n) is 6.45. The number of ether oxygens (including phenoxy) is 3. The number of likely N-dealkylation sites (tertiary alicyclic amines) is 1. The SMILES string of the molecule is CCCCC1(C(=O)O)CC(OCc2cc(C(F)(F)F)cnc2OC)CN1C(=O)[C@@H]1CCCCO1. The van der Waals surface area contributed by atoms with E-state index in [0.29, 0.717) is 25.6 Å². The second-order valence-corrected chi connectivity index (χ2v) is 8.77. The third-order valence-corrected chi connectivity index (χ3v) is 6.45. The number of hydrogen-bond donors (Lipinski definition) is 1. The summed E-state index contributed by atoms with van der Waals surface area (Å²) in [7, 11) is 1.29. The number of unbranched alkanes of at least 4 members (excludes halogenated alkanes) is 1. The maximum atomic E-state index is 13.3. The molecule has 3 heterocycles. The Hall–Kier alpha value is -2.40. The predicted molar refractivity (Wildman–Crippen MR) is 114 cm³/mol. The Morgan fingerprint density at radius 3 is 2.71 bits per heavy atom. The van der Waals surface area contributed by atoms with Gasteiger partial charge in [0.2, 0.25) is 5.88 Å². The number of alkyl halides is 3. The van der Waals surface area contributed by atoms with Crippen molar-refractivity contribution < 1.29 is 42.1 Å². The molecule has 0 radical (unpaired) electrons. The van der Waals surface area contributed by atoms with E-state index < -0.39 is 35.5 Å². The largest absolute Gasteiger partial charge is 0.481 e. The number of carboxylic acid groups (broad SMARTS) is 1. The molecular formula is C23H31F3N2O6. The second kappa shape index (κ2) is 10.9. The molecule has 1 N–H and O–H groups in total. The Labute approximate surface area is 196 Å². The van der Waals surface area contributed by atoms with E-state index in [2.05, 4.69) is 4.98 Å². The minimum absolute atomic E-state index is 0.00924. The van der Waals surface area contributed by atoms with Gasteiger partial charge in [0.05, 0.1) is 25.4 Å². The summed E-state index contributed by atoms with van der Waals surface area (Å²) in [6, 6.07) is 0.904. The van der Waals surface area contributed by atoms with Crippen molar-refractivity contribution in [1.82, 2.24) is 9.88 Å². The summed E-state index contributed by atoms with van der Waals surface area (Å²) in [5.74, 6) is -1.50. The number of aromatic nitrogens is 1. The maximum Gasteiger partial charge on any atom is 0.417 e. The lowest BCUT2D eigenvalue weighted by Crippen LogP contribution is -2.56. The average molecular weight is 489 g/mol. The van der Waals surface area contributed by atoms with Crippen molar-refractivity contribution in [3.8, 4) is 5.88 Å². The number of carboxylic acids is 1. The molecule has 0 aromatic carbocycles. The first kappa shape index (κ1) is 26.2. The quantitative estimate of drug-likeness (QED) is 0.565. The molecule has 190 valence electrons. The van der Waals surface area contributed by atoms with Gasteiger partial charge in [-0.05, 0) is 31.7 Å². The number of amides is 1. The molecule has 0 bridgehead atoms. The first-order valence-corrected chi connectivity index (χ1v) is 11.5. The molecule has 8 nitrogen and oxygen atoms in total. The number of pyridine rings is 1. The highest BCUT2D eigenvalue weighted by atomic mass is 19.4. The summed E-state index contributed by atoms with van der Waals surface area (Å²) in [4.78, 5) is 30.8. The molecule has 3 atom stereocenters. The lowest BCUT2D eigenvalue weighted by atomic mass is 9.88. The van der Waals surface area contributed by atoms with Gasteiger partial charge in [0.15, 0.2) is 0 Å². The van der Waals surface area contributed by atoms with E-state index in [9.17, 15) is 27.9 Å². The van der Waals surface area contributed by atoms with E-state index in [1.165, 1.54) is 12.0 Å². The van der Waals surface area contributed by atoms with E-state index in [1.807, 2.05) is 6.92 Å².